The topological polar surface area (TPSA) is 55.9 Å². The maximum Gasteiger partial charge on any atom is 0.138 e. The maximum absolute atomic E-state index is 6.21. The molecule has 1 N–H and O–H groups in total. The molecule has 7 heteroatoms. The molecule has 0 aliphatic carbocycles. The first-order chi connectivity index (χ1) is 9.72. The molecule has 0 radical (unpaired) electrons. The molecule has 0 spiro atoms. The van der Waals surface area contributed by atoms with E-state index in [-0.39, 0.29) is 0 Å². The fraction of sp³-hybridized carbons (Fsp3) is 0.0769. The molecule has 2 heterocycles. The summed E-state index contributed by atoms with van der Waals surface area (Å²) < 4.78 is 8.37. The molecule has 0 amide bonds. The van der Waals surface area contributed by atoms with Crippen LogP contribution >= 0.6 is 27.5 Å². The number of rotatable bonds is 4. The molecule has 0 bridgehead atoms. The molecule has 0 saturated heterocycles. The molecule has 1 aromatic carbocycles. The Morgan fingerprint density at radius 1 is 1.20 bits per heavy atom. The van der Waals surface area contributed by atoms with Gasteiger partial charge in [-0.2, -0.15) is 0 Å². The van der Waals surface area contributed by atoms with E-state index in [0.29, 0.717) is 11.6 Å². The van der Waals surface area contributed by atoms with Gasteiger partial charge in [-0.25, -0.2) is 4.68 Å². The normalized spacial score (nSPS) is 10.7. The largest absolute Gasteiger partial charge is 0.459 e. The highest BCUT2D eigenvalue weighted by Crippen LogP contribution is 2.31. The lowest BCUT2D eigenvalue weighted by atomic mass is 10.2. The average molecular weight is 354 g/mol. The Bertz CT molecular complexity index is 711. The molecule has 0 saturated carbocycles. The Morgan fingerprint density at radius 2 is 2.00 bits per heavy atom. The Kier molecular flexibility index (Phi) is 3.75. The summed E-state index contributed by atoms with van der Waals surface area (Å²) in [5.74, 6) is 1.54. The summed E-state index contributed by atoms with van der Waals surface area (Å²) in [7, 11) is 0. The number of hydrogen-bond donors (Lipinski definition) is 1. The summed E-state index contributed by atoms with van der Waals surface area (Å²) in [6.45, 7) is 0.534. The zero-order valence-electron chi connectivity index (χ0n) is 10.3. The quantitative estimate of drug-likeness (QED) is 0.777. The first kappa shape index (κ1) is 13.2. The van der Waals surface area contributed by atoms with E-state index in [9.17, 15) is 0 Å². The van der Waals surface area contributed by atoms with Crippen molar-refractivity contribution in [2.45, 2.75) is 6.54 Å². The summed E-state index contributed by atoms with van der Waals surface area (Å²) >= 11 is 9.59. The van der Waals surface area contributed by atoms with Crippen molar-refractivity contribution in [3.63, 3.8) is 0 Å². The van der Waals surface area contributed by atoms with Gasteiger partial charge in [0.25, 0.3) is 0 Å². The van der Waals surface area contributed by atoms with Crippen LogP contribution in [-0.4, -0.2) is 14.9 Å². The lowest BCUT2D eigenvalue weighted by Crippen LogP contribution is -2.11. The third kappa shape index (κ3) is 2.86. The molecule has 3 rings (SSSR count). The summed E-state index contributed by atoms with van der Waals surface area (Å²) in [5.41, 5.74) is 3.95. The van der Waals surface area contributed by atoms with E-state index in [2.05, 4.69) is 31.6 Å². The molecule has 0 unspecified atom stereocenters. The number of hydrogen-bond acceptors (Lipinski definition) is 4. The molecule has 3 aromatic rings. The predicted molar refractivity (Wildman–Crippen MR) is 79.9 cm³/mol. The molecule has 20 heavy (non-hydrogen) atoms. The number of benzene rings is 1. The SMILES string of the molecule is Clc1cc(Br)ccc1-c1ccc(CNn2cnnc2)o1. The van der Waals surface area contributed by atoms with Crippen LogP contribution < -0.4 is 5.43 Å². The second-order valence-electron chi connectivity index (χ2n) is 4.09. The van der Waals surface area contributed by atoms with Gasteiger partial charge in [-0.1, -0.05) is 27.5 Å². The smallest absolute Gasteiger partial charge is 0.138 e. The lowest BCUT2D eigenvalue weighted by Gasteiger charge is -2.04. The molecule has 0 aliphatic rings. The number of aromatic nitrogens is 3. The minimum atomic E-state index is 0.534. The second-order valence-corrected chi connectivity index (χ2v) is 5.42. The minimum Gasteiger partial charge on any atom is -0.459 e. The first-order valence-electron chi connectivity index (χ1n) is 5.85. The third-order valence-corrected chi connectivity index (χ3v) is 3.52. The van der Waals surface area contributed by atoms with Crippen LogP contribution in [0.4, 0.5) is 0 Å². The van der Waals surface area contributed by atoms with Gasteiger partial charge in [-0.3, -0.25) is 0 Å². The van der Waals surface area contributed by atoms with E-state index >= 15 is 0 Å². The average Bonchev–Trinajstić information content (AvgIpc) is 3.07. The van der Waals surface area contributed by atoms with Crippen LogP contribution in [0.3, 0.4) is 0 Å². The Balaban J connectivity index is 1.76. The van der Waals surface area contributed by atoms with E-state index in [0.717, 1.165) is 21.6 Å². The molecule has 0 fully saturated rings. The Labute approximate surface area is 128 Å². The van der Waals surface area contributed by atoms with Crippen molar-refractivity contribution in [2.24, 2.45) is 0 Å². The highest BCUT2D eigenvalue weighted by atomic mass is 79.9. The van der Waals surface area contributed by atoms with E-state index in [1.165, 1.54) is 0 Å². The van der Waals surface area contributed by atoms with Crippen LogP contribution in [0.2, 0.25) is 5.02 Å². The van der Waals surface area contributed by atoms with Crippen molar-refractivity contribution in [2.75, 3.05) is 5.43 Å². The van der Waals surface area contributed by atoms with Crippen LogP contribution in [0.5, 0.6) is 0 Å². The van der Waals surface area contributed by atoms with Crippen molar-refractivity contribution in [3.8, 4) is 11.3 Å². The van der Waals surface area contributed by atoms with Gasteiger partial charge in [-0.15, -0.1) is 10.2 Å². The number of nitrogens with zero attached hydrogens (tertiary/aromatic N) is 3. The lowest BCUT2D eigenvalue weighted by molar-refractivity contribution is 0.523. The molecular formula is C13H10BrClN4O. The van der Waals surface area contributed by atoms with Crippen LogP contribution in [0.15, 0.2) is 51.9 Å². The van der Waals surface area contributed by atoms with E-state index in [4.69, 9.17) is 16.0 Å². The van der Waals surface area contributed by atoms with Gasteiger partial charge >= 0.3 is 0 Å². The van der Waals surface area contributed by atoms with Gasteiger partial charge < -0.3 is 9.84 Å². The van der Waals surface area contributed by atoms with E-state index < -0.39 is 0 Å². The van der Waals surface area contributed by atoms with Gasteiger partial charge in [-0.05, 0) is 30.3 Å². The van der Waals surface area contributed by atoms with E-state index in [1.54, 1.807) is 17.3 Å². The third-order valence-electron chi connectivity index (χ3n) is 2.71. The van der Waals surface area contributed by atoms with Crippen LogP contribution in [0.25, 0.3) is 11.3 Å². The van der Waals surface area contributed by atoms with Gasteiger partial charge in [0.1, 0.15) is 24.2 Å². The fourth-order valence-electron chi connectivity index (χ4n) is 1.76. The van der Waals surface area contributed by atoms with Crippen LogP contribution in [0.1, 0.15) is 5.76 Å². The van der Waals surface area contributed by atoms with Gasteiger partial charge in [0.05, 0.1) is 11.6 Å². The molecule has 0 aliphatic heterocycles. The zero-order chi connectivity index (χ0) is 13.9. The molecule has 5 nitrogen and oxygen atoms in total. The second kappa shape index (κ2) is 5.68. The predicted octanol–water partition coefficient (Wildman–Crippen LogP) is 3.70. The van der Waals surface area contributed by atoms with Crippen molar-refractivity contribution >= 4 is 27.5 Å². The van der Waals surface area contributed by atoms with Gasteiger partial charge in [0, 0.05) is 10.0 Å². The molecular weight excluding hydrogens is 344 g/mol. The van der Waals surface area contributed by atoms with Crippen molar-refractivity contribution < 1.29 is 4.42 Å². The van der Waals surface area contributed by atoms with Crippen molar-refractivity contribution in [1.29, 1.82) is 0 Å². The van der Waals surface area contributed by atoms with Crippen LogP contribution in [0, 0.1) is 0 Å². The molecule has 0 atom stereocenters. The highest BCUT2D eigenvalue weighted by molar-refractivity contribution is 9.10. The minimum absolute atomic E-state index is 0.534. The molecule has 102 valence electrons. The fourth-order valence-corrected chi connectivity index (χ4v) is 2.53. The van der Waals surface area contributed by atoms with Crippen molar-refractivity contribution in [1.82, 2.24) is 14.9 Å². The highest BCUT2D eigenvalue weighted by Gasteiger charge is 2.09. The summed E-state index contributed by atoms with van der Waals surface area (Å²) in [6.07, 6.45) is 3.16. The summed E-state index contributed by atoms with van der Waals surface area (Å²) in [6, 6.07) is 9.50. The van der Waals surface area contributed by atoms with Crippen LogP contribution in [-0.2, 0) is 6.54 Å². The van der Waals surface area contributed by atoms with Gasteiger partial charge in [0.15, 0.2) is 0 Å². The van der Waals surface area contributed by atoms with Gasteiger partial charge in [0.2, 0.25) is 0 Å². The first-order valence-corrected chi connectivity index (χ1v) is 7.02. The Morgan fingerprint density at radius 3 is 2.75 bits per heavy atom. The molecule has 2 aromatic heterocycles. The zero-order valence-corrected chi connectivity index (χ0v) is 12.6. The number of furan rings is 1. The monoisotopic (exact) mass is 352 g/mol. The number of nitrogens with one attached hydrogen (secondary N) is 1. The maximum atomic E-state index is 6.21. The standard InChI is InChI=1S/C13H10BrClN4O/c14-9-1-3-11(12(15)5-9)13-4-2-10(20-13)6-18-19-7-16-17-8-19/h1-5,7-8,18H,6H2. The number of halogens is 2. The Hall–Kier alpha value is -1.79. The van der Waals surface area contributed by atoms with Crippen molar-refractivity contribution in [3.05, 3.63) is 58.2 Å². The summed E-state index contributed by atoms with van der Waals surface area (Å²) in [5, 5.41) is 8.06. The summed E-state index contributed by atoms with van der Waals surface area (Å²) in [4.78, 5) is 0. The van der Waals surface area contributed by atoms with E-state index in [1.807, 2.05) is 30.3 Å².